The van der Waals surface area contributed by atoms with E-state index >= 15 is 0 Å². The molecule has 2 heterocycles. The molecule has 4 nitrogen and oxygen atoms in total. The first-order valence-corrected chi connectivity index (χ1v) is 7.72. The molecule has 1 unspecified atom stereocenters. The van der Waals surface area contributed by atoms with Crippen LogP contribution in [0.25, 0.3) is 11.0 Å². The first-order valence-electron chi connectivity index (χ1n) is 7.72. The first-order chi connectivity index (χ1) is 10.3. The molecule has 2 N–H and O–H groups in total. The van der Waals surface area contributed by atoms with Crippen molar-refractivity contribution < 1.29 is 9.15 Å². The van der Waals surface area contributed by atoms with Gasteiger partial charge in [0.05, 0.1) is 12.3 Å². The van der Waals surface area contributed by atoms with Gasteiger partial charge in [-0.2, -0.15) is 0 Å². The van der Waals surface area contributed by atoms with Gasteiger partial charge in [0.15, 0.2) is 0 Å². The Morgan fingerprint density at radius 2 is 2.10 bits per heavy atom. The second kappa shape index (κ2) is 6.60. The monoisotopic (exact) mass is 288 g/mol. The number of rotatable bonds is 5. The largest absolute Gasteiger partial charge is 0.464 e. The van der Waals surface area contributed by atoms with E-state index in [1.165, 1.54) is 23.8 Å². The maximum absolute atomic E-state index is 6.07. The van der Waals surface area contributed by atoms with Crippen molar-refractivity contribution in [2.45, 2.75) is 18.9 Å². The highest BCUT2D eigenvalue weighted by Gasteiger charge is 2.27. The van der Waals surface area contributed by atoms with Crippen molar-refractivity contribution in [1.29, 1.82) is 0 Å². The predicted octanol–water partition coefficient (Wildman–Crippen LogP) is 2.79. The van der Waals surface area contributed by atoms with Gasteiger partial charge in [0.2, 0.25) is 0 Å². The van der Waals surface area contributed by atoms with E-state index in [2.05, 4.69) is 17.0 Å². The van der Waals surface area contributed by atoms with Crippen LogP contribution in [0, 0.1) is 5.92 Å². The highest BCUT2D eigenvalue weighted by Crippen LogP contribution is 2.32. The van der Waals surface area contributed by atoms with Crippen molar-refractivity contribution >= 4 is 11.0 Å². The molecule has 0 saturated carbocycles. The molecule has 4 heteroatoms. The normalized spacial score (nSPS) is 19.1. The lowest BCUT2D eigenvalue weighted by Crippen LogP contribution is -2.40. The van der Waals surface area contributed by atoms with Crippen LogP contribution in [0.3, 0.4) is 0 Å². The van der Waals surface area contributed by atoms with Crippen LogP contribution in [0.2, 0.25) is 0 Å². The maximum atomic E-state index is 6.07. The van der Waals surface area contributed by atoms with Gasteiger partial charge in [-0.3, -0.25) is 4.90 Å². The van der Waals surface area contributed by atoms with Gasteiger partial charge in [0.25, 0.3) is 0 Å². The summed E-state index contributed by atoms with van der Waals surface area (Å²) in [6.07, 6.45) is 4.24. The van der Waals surface area contributed by atoms with E-state index in [-0.39, 0.29) is 6.04 Å². The minimum Gasteiger partial charge on any atom is -0.464 e. The Morgan fingerprint density at radius 3 is 2.81 bits per heavy atom. The van der Waals surface area contributed by atoms with Crippen LogP contribution in [0.1, 0.15) is 24.4 Å². The molecule has 0 radical (unpaired) electrons. The highest BCUT2D eigenvalue weighted by atomic mass is 16.5. The molecular formula is C17H24N2O2. The van der Waals surface area contributed by atoms with Gasteiger partial charge >= 0.3 is 0 Å². The Labute approximate surface area is 125 Å². The fourth-order valence-electron chi connectivity index (χ4n) is 3.40. The molecule has 1 fully saturated rings. The van der Waals surface area contributed by atoms with Gasteiger partial charge < -0.3 is 14.9 Å². The highest BCUT2D eigenvalue weighted by molar-refractivity contribution is 5.81. The molecule has 0 amide bonds. The zero-order chi connectivity index (χ0) is 14.7. The molecule has 1 aromatic carbocycles. The Balaban J connectivity index is 1.76. The quantitative estimate of drug-likeness (QED) is 0.919. The maximum Gasteiger partial charge on any atom is 0.134 e. The molecule has 1 atom stereocenters. The van der Waals surface area contributed by atoms with Gasteiger partial charge in [0.1, 0.15) is 5.58 Å². The molecule has 1 aliphatic rings. The second-order valence-corrected chi connectivity index (χ2v) is 5.87. The number of ether oxygens (including phenoxy) is 1. The van der Waals surface area contributed by atoms with Crippen molar-refractivity contribution in [1.82, 2.24) is 4.90 Å². The van der Waals surface area contributed by atoms with Crippen molar-refractivity contribution in [3.63, 3.8) is 0 Å². The van der Waals surface area contributed by atoms with Gasteiger partial charge in [-0.25, -0.2) is 0 Å². The summed E-state index contributed by atoms with van der Waals surface area (Å²) in [5, 5.41) is 1.19. The van der Waals surface area contributed by atoms with Crippen LogP contribution in [0.5, 0.6) is 0 Å². The standard InChI is InChI=1S/C17H24N2O2/c1-20-11-13-6-8-19(9-7-13)16(10-18)15-12-21-17-5-3-2-4-14(15)17/h2-5,12-13,16H,6-11,18H2,1H3. The third-order valence-corrected chi connectivity index (χ3v) is 4.59. The number of fused-ring (bicyclic) bond motifs is 1. The van der Waals surface area contributed by atoms with Gasteiger partial charge in [-0.1, -0.05) is 18.2 Å². The molecule has 114 valence electrons. The van der Waals surface area contributed by atoms with Crippen molar-refractivity contribution in [2.24, 2.45) is 11.7 Å². The van der Waals surface area contributed by atoms with Crippen LogP contribution in [-0.4, -0.2) is 38.3 Å². The molecule has 0 aliphatic carbocycles. The van der Waals surface area contributed by atoms with Gasteiger partial charge in [0, 0.05) is 31.2 Å². The number of likely N-dealkylation sites (tertiary alicyclic amines) is 1. The molecule has 1 aromatic heterocycles. The van der Waals surface area contributed by atoms with Crippen LogP contribution < -0.4 is 5.73 Å². The number of furan rings is 1. The van der Waals surface area contributed by atoms with Crippen LogP contribution >= 0.6 is 0 Å². The zero-order valence-corrected chi connectivity index (χ0v) is 12.6. The van der Waals surface area contributed by atoms with Crippen molar-refractivity contribution in [3.8, 4) is 0 Å². The molecular weight excluding hydrogens is 264 g/mol. The smallest absolute Gasteiger partial charge is 0.134 e. The second-order valence-electron chi connectivity index (χ2n) is 5.87. The molecule has 1 saturated heterocycles. The molecule has 0 bridgehead atoms. The molecule has 21 heavy (non-hydrogen) atoms. The van der Waals surface area contributed by atoms with Crippen molar-refractivity contribution in [3.05, 3.63) is 36.1 Å². The average Bonchev–Trinajstić information content (AvgIpc) is 2.94. The van der Waals surface area contributed by atoms with E-state index in [0.29, 0.717) is 12.5 Å². The number of nitrogens with two attached hydrogens (primary N) is 1. The Morgan fingerprint density at radius 1 is 1.33 bits per heavy atom. The van der Waals surface area contributed by atoms with E-state index < -0.39 is 0 Å². The van der Waals surface area contributed by atoms with Gasteiger partial charge in [-0.05, 0) is 37.9 Å². The lowest BCUT2D eigenvalue weighted by atomic mass is 9.94. The Hall–Kier alpha value is -1.36. The van der Waals surface area contributed by atoms with Crippen LogP contribution in [0.4, 0.5) is 0 Å². The molecule has 3 rings (SSSR count). The molecule has 2 aromatic rings. The zero-order valence-electron chi connectivity index (χ0n) is 12.6. The number of hydrogen-bond acceptors (Lipinski definition) is 4. The summed E-state index contributed by atoms with van der Waals surface area (Å²) in [6.45, 7) is 3.65. The average molecular weight is 288 g/mol. The summed E-state index contributed by atoms with van der Waals surface area (Å²) in [5.41, 5.74) is 8.24. The van der Waals surface area contributed by atoms with Crippen molar-refractivity contribution in [2.75, 3.05) is 33.4 Å². The van der Waals surface area contributed by atoms with E-state index in [9.17, 15) is 0 Å². The minimum atomic E-state index is 0.247. The summed E-state index contributed by atoms with van der Waals surface area (Å²) < 4.78 is 11.0. The number of nitrogens with zero attached hydrogens (tertiary/aromatic N) is 1. The topological polar surface area (TPSA) is 51.6 Å². The summed E-state index contributed by atoms with van der Waals surface area (Å²) >= 11 is 0. The fraction of sp³-hybridized carbons (Fsp3) is 0.529. The first kappa shape index (κ1) is 14.6. The number of hydrogen-bond donors (Lipinski definition) is 1. The predicted molar refractivity (Wildman–Crippen MR) is 84.2 cm³/mol. The summed E-state index contributed by atoms with van der Waals surface area (Å²) in [6, 6.07) is 8.44. The summed E-state index contributed by atoms with van der Waals surface area (Å²) in [5.74, 6) is 0.686. The van der Waals surface area contributed by atoms with E-state index in [0.717, 1.165) is 25.3 Å². The number of methoxy groups -OCH3 is 1. The number of para-hydroxylation sites is 1. The van der Waals surface area contributed by atoms with Crippen LogP contribution in [-0.2, 0) is 4.74 Å². The fourth-order valence-corrected chi connectivity index (χ4v) is 3.40. The third kappa shape index (κ3) is 2.98. The Kier molecular flexibility index (Phi) is 4.58. The molecule has 0 spiro atoms. The molecule has 1 aliphatic heterocycles. The number of benzene rings is 1. The summed E-state index contributed by atoms with van der Waals surface area (Å²) in [7, 11) is 1.78. The SMILES string of the molecule is COCC1CCN(C(CN)c2coc3ccccc23)CC1. The van der Waals surface area contributed by atoms with E-state index in [4.69, 9.17) is 14.9 Å². The summed E-state index contributed by atoms with van der Waals surface area (Å²) in [4.78, 5) is 2.49. The van der Waals surface area contributed by atoms with E-state index in [1.807, 2.05) is 18.4 Å². The minimum absolute atomic E-state index is 0.247. The number of piperidine rings is 1. The lowest BCUT2D eigenvalue weighted by molar-refractivity contribution is 0.0812. The van der Waals surface area contributed by atoms with Crippen LogP contribution in [0.15, 0.2) is 34.9 Å². The van der Waals surface area contributed by atoms with Gasteiger partial charge in [-0.15, -0.1) is 0 Å². The third-order valence-electron chi connectivity index (χ3n) is 4.59. The lowest BCUT2D eigenvalue weighted by Gasteiger charge is -2.36. The Bertz CT molecular complexity index is 573. The van der Waals surface area contributed by atoms with E-state index in [1.54, 1.807) is 7.11 Å².